The highest BCUT2D eigenvalue weighted by molar-refractivity contribution is 7.09. The second-order valence-electron chi connectivity index (χ2n) is 4.21. The van der Waals surface area contributed by atoms with Crippen LogP contribution in [0.3, 0.4) is 0 Å². The van der Waals surface area contributed by atoms with Crippen LogP contribution in [0.1, 0.15) is 30.1 Å². The van der Waals surface area contributed by atoms with Gasteiger partial charge in [0.15, 0.2) is 0 Å². The SMILES string of the molecule is CCC(N)C(OCCc1cccs1)c1ccco1. The molecular formula is C14H19NO2S. The summed E-state index contributed by atoms with van der Waals surface area (Å²) in [6.07, 6.45) is 3.30. The van der Waals surface area contributed by atoms with Gasteiger partial charge in [0, 0.05) is 17.3 Å². The number of hydrogen-bond donors (Lipinski definition) is 1. The molecule has 0 saturated heterocycles. The van der Waals surface area contributed by atoms with Crippen LogP contribution in [0.25, 0.3) is 0 Å². The van der Waals surface area contributed by atoms with Crippen molar-refractivity contribution in [3.05, 3.63) is 46.5 Å². The summed E-state index contributed by atoms with van der Waals surface area (Å²) >= 11 is 1.75. The number of thiophene rings is 1. The van der Waals surface area contributed by atoms with Crippen LogP contribution in [0.5, 0.6) is 0 Å². The molecule has 98 valence electrons. The quantitative estimate of drug-likeness (QED) is 0.835. The first-order valence-electron chi connectivity index (χ1n) is 6.24. The van der Waals surface area contributed by atoms with Crippen molar-refractivity contribution in [1.29, 1.82) is 0 Å². The van der Waals surface area contributed by atoms with Gasteiger partial charge in [-0.15, -0.1) is 11.3 Å². The summed E-state index contributed by atoms with van der Waals surface area (Å²) in [4.78, 5) is 1.33. The maximum atomic E-state index is 6.09. The topological polar surface area (TPSA) is 48.4 Å². The Morgan fingerprint density at radius 3 is 2.89 bits per heavy atom. The molecule has 2 aromatic rings. The van der Waals surface area contributed by atoms with Gasteiger partial charge in [0.25, 0.3) is 0 Å². The minimum absolute atomic E-state index is 0.0283. The van der Waals surface area contributed by atoms with Crippen molar-refractivity contribution in [2.24, 2.45) is 5.73 Å². The van der Waals surface area contributed by atoms with Crippen molar-refractivity contribution in [2.45, 2.75) is 31.9 Å². The van der Waals surface area contributed by atoms with Crippen LogP contribution >= 0.6 is 11.3 Å². The zero-order chi connectivity index (χ0) is 12.8. The third-order valence-corrected chi connectivity index (χ3v) is 3.85. The molecule has 3 nitrogen and oxygen atoms in total. The molecule has 2 heterocycles. The number of furan rings is 1. The number of rotatable bonds is 7. The van der Waals surface area contributed by atoms with Crippen LogP contribution in [0.15, 0.2) is 40.3 Å². The van der Waals surface area contributed by atoms with E-state index < -0.39 is 0 Å². The third kappa shape index (κ3) is 3.45. The number of ether oxygens (including phenoxy) is 1. The smallest absolute Gasteiger partial charge is 0.134 e. The standard InChI is InChI=1S/C14H19NO2S/c1-2-12(15)14(13-6-3-8-16-13)17-9-7-11-5-4-10-18-11/h3-6,8,10,12,14H,2,7,9,15H2,1H3. The molecular weight excluding hydrogens is 246 g/mol. The summed E-state index contributed by atoms with van der Waals surface area (Å²) in [5.41, 5.74) is 6.09. The van der Waals surface area contributed by atoms with E-state index >= 15 is 0 Å². The van der Waals surface area contributed by atoms with Gasteiger partial charge in [0.2, 0.25) is 0 Å². The molecule has 0 radical (unpaired) electrons. The van der Waals surface area contributed by atoms with E-state index in [1.54, 1.807) is 17.6 Å². The van der Waals surface area contributed by atoms with Gasteiger partial charge in [-0.25, -0.2) is 0 Å². The molecule has 2 N–H and O–H groups in total. The lowest BCUT2D eigenvalue weighted by atomic mass is 10.1. The van der Waals surface area contributed by atoms with Crippen molar-refractivity contribution < 1.29 is 9.15 Å². The third-order valence-electron chi connectivity index (χ3n) is 2.91. The molecule has 2 unspecified atom stereocenters. The van der Waals surface area contributed by atoms with E-state index in [9.17, 15) is 0 Å². The van der Waals surface area contributed by atoms with E-state index in [0.717, 1.165) is 18.6 Å². The molecule has 0 spiro atoms. The highest BCUT2D eigenvalue weighted by Gasteiger charge is 2.21. The number of hydrogen-bond acceptors (Lipinski definition) is 4. The summed E-state index contributed by atoms with van der Waals surface area (Å²) in [5.74, 6) is 0.815. The zero-order valence-corrected chi connectivity index (χ0v) is 11.4. The number of nitrogens with two attached hydrogens (primary N) is 1. The second-order valence-corrected chi connectivity index (χ2v) is 5.24. The van der Waals surface area contributed by atoms with Gasteiger partial charge in [-0.1, -0.05) is 13.0 Å². The Labute approximate surface area is 112 Å². The normalized spacial score (nSPS) is 14.6. The first kappa shape index (κ1) is 13.3. The van der Waals surface area contributed by atoms with Crippen molar-refractivity contribution >= 4 is 11.3 Å². The fourth-order valence-electron chi connectivity index (χ4n) is 1.83. The van der Waals surface area contributed by atoms with Crippen LogP contribution in [-0.4, -0.2) is 12.6 Å². The molecule has 0 aromatic carbocycles. The van der Waals surface area contributed by atoms with Gasteiger partial charge in [0.05, 0.1) is 12.9 Å². The summed E-state index contributed by atoms with van der Waals surface area (Å²) in [7, 11) is 0. The van der Waals surface area contributed by atoms with Crippen LogP contribution in [0.2, 0.25) is 0 Å². The largest absolute Gasteiger partial charge is 0.467 e. The summed E-state index contributed by atoms with van der Waals surface area (Å²) < 4.78 is 11.3. The van der Waals surface area contributed by atoms with Crippen molar-refractivity contribution in [3.8, 4) is 0 Å². The van der Waals surface area contributed by atoms with Crippen LogP contribution in [0.4, 0.5) is 0 Å². The molecule has 2 rings (SSSR count). The lowest BCUT2D eigenvalue weighted by Gasteiger charge is -2.21. The Bertz CT molecular complexity index is 425. The molecule has 0 aliphatic heterocycles. The van der Waals surface area contributed by atoms with Gasteiger partial charge in [-0.05, 0) is 30.0 Å². The van der Waals surface area contributed by atoms with Crippen LogP contribution < -0.4 is 5.73 Å². The predicted octanol–water partition coefficient (Wildman–Crippen LogP) is 3.38. The van der Waals surface area contributed by atoms with E-state index in [1.807, 2.05) is 12.1 Å². The first-order chi connectivity index (χ1) is 8.81. The van der Waals surface area contributed by atoms with E-state index in [4.69, 9.17) is 14.9 Å². The summed E-state index contributed by atoms with van der Waals surface area (Å²) in [5, 5.41) is 2.08. The van der Waals surface area contributed by atoms with Crippen molar-refractivity contribution in [1.82, 2.24) is 0 Å². The Morgan fingerprint density at radius 1 is 1.39 bits per heavy atom. The highest BCUT2D eigenvalue weighted by atomic mass is 32.1. The molecule has 0 bridgehead atoms. The zero-order valence-electron chi connectivity index (χ0n) is 10.5. The molecule has 0 aliphatic rings. The maximum absolute atomic E-state index is 6.09. The lowest BCUT2D eigenvalue weighted by Crippen LogP contribution is -2.29. The molecule has 0 saturated carbocycles. The minimum atomic E-state index is -0.148. The van der Waals surface area contributed by atoms with Gasteiger partial charge in [-0.3, -0.25) is 0 Å². The highest BCUT2D eigenvalue weighted by Crippen LogP contribution is 2.23. The molecule has 0 amide bonds. The lowest BCUT2D eigenvalue weighted by molar-refractivity contribution is 0.0212. The molecule has 0 fully saturated rings. The molecule has 2 atom stereocenters. The second kappa shape index (κ2) is 6.73. The van der Waals surface area contributed by atoms with Crippen molar-refractivity contribution in [2.75, 3.05) is 6.61 Å². The van der Waals surface area contributed by atoms with Gasteiger partial charge in [0.1, 0.15) is 11.9 Å². The average Bonchev–Trinajstić information content (AvgIpc) is 3.06. The molecule has 2 aromatic heterocycles. The van der Waals surface area contributed by atoms with Gasteiger partial charge >= 0.3 is 0 Å². The molecule has 18 heavy (non-hydrogen) atoms. The van der Waals surface area contributed by atoms with Gasteiger partial charge < -0.3 is 14.9 Å². The van der Waals surface area contributed by atoms with Crippen LogP contribution in [-0.2, 0) is 11.2 Å². The van der Waals surface area contributed by atoms with Gasteiger partial charge in [-0.2, -0.15) is 0 Å². The van der Waals surface area contributed by atoms with E-state index in [0.29, 0.717) is 6.61 Å². The maximum Gasteiger partial charge on any atom is 0.134 e. The summed E-state index contributed by atoms with van der Waals surface area (Å²) in [6, 6.07) is 7.94. The Hall–Kier alpha value is -1.10. The fraction of sp³-hybridized carbons (Fsp3) is 0.429. The molecule has 0 aliphatic carbocycles. The average molecular weight is 265 g/mol. The Balaban J connectivity index is 1.90. The van der Waals surface area contributed by atoms with Crippen LogP contribution in [0, 0.1) is 0 Å². The van der Waals surface area contributed by atoms with E-state index in [-0.39, 0.29) is 12.1 Å². The predicted molar refractivity (Wildman–Crippen MR) is 73.7 cm³/mol. The van der Waals surface area contributed by atoms with E-state index in [1.165, 1.54) is 4.88 Å². The Kier molecular flexibility index (Phi) is 4.99. The summed E-state index contributed by atoms with van der Waals surface area (Å²) in [6.45, 7) is 2.73. The Morgan fingerprint density at radius 2 is 2.28 bits per heavy atom. The van der Waals surface area contributed by atoms with E-state index in [2.05, 4.69) is 24.4 Å². The first-order valence-corrected chi connectivity index (χ1v) is 7.12. The van der Waals surface area contributed by atoms with Crippen molar-refractivity contribution in [3.63, 3.8) is 0 Å². The monoisotopic (exact) mass is 265 g/mol. The minimum Gasteiger partial charge on any atom is -0.467 e. The molecule has 4 heteroatoms. The fourth-order valence-corrected chi connectivity index (χ4v) is 2.52.